The average Bonchev–Trinajstić information content (AvgIpc) is 3.17. The van der Waals surface area contributed by atoms with Crippen molar-refractivity contribution in [3.63, 3.8) is 0 Å². The molecule has 0 atom stereocenters. The van der Waals surface area contributed by atoms with Crippen LogP contribution in [0.4, 0.5) is 4.39 Å². The van der Waals surface area contributed by atoms with E-state index in [4.69, 9.17) is 4.42 Å². The third kappa shape index (κ3) is 3.72. The number of oxazole rings is 1. The summed E-state index contributed by atoms with van der Waals surface area (Å²) in [6.07, 6.45) is 2.84. The van der Waals surface area contributed by atoms with Crippen LogP contribution in [0.1, 0.15) is 48.5 Å². The fourth-order valence-electron chi connectivity index (χ4n) is 4.42. The van der Waals surface area contributed by atoms with E-state index in [1.54, 1.807) is 6.92 Å². The molecule has 1 saturated heterocycles. The molecule has 6 heteroatoms. The molecule has 2 aliphatic rings. The molecule has 5 rings (SSSR count). The maximum absolute atomic E-state index is 14.4. The number of nitrogens with one attached hydrogen (secondary N) is 1. The van der Waals surface area contributed by atoms with Gasteiger partial charge in [0.2, 0.25) is 0 Å². The summed E-state index contributed by atoms with van der Waals surface area (Å²) in [5.41, 5.74) is 4.12. The van der Waals surface area contributed by atoms with Crippen LogP contribution in [0.5, 0.6) is 0 Å². The Morgan fingerprint density at radius 2 is 1.90 bits per heavy atom. The van der Waals surface area contributed by atoms with Crippen LogP contribution in [0, 0.1) is 12.7 Å². The van der Waals surface area contributed by atoms with E-state index >= 15 is 0 Å². The summed E-state index contributed by atoms with van der Waals surface area (Å²) in [5.74, 6) is 0.169. The van der Waals surface area contributed by atoms with E-state index in [2.05, 4.69) is 10.3 Å². The number of rotatable bonds is 2. The van der Waals surface area contributed by atoms with Crippen molar-refractivity contribution in [2.45, 2.75) is 46.1 Å². The molecule has 1 N–H and O–H groups in total. The van der Waals surface area contributed by atoms with Crippen molar-refractivity contribution in [3.05, 3.63) is 53.2 Å². The number of nitrogens with zero attached hydrogens (tertiary/aromatic N) is 2. The molecule has 0 aliphatic carbocycles. The predicted molar refractivity (Wildman–Crippen MR) is 116 cm³/mol. The van der Waals surface area contributed by atoms with Gasteiger partial charge in [-0.3, -0.25) is 4.79 Å². The number of hydrogen-bond acceptors (Lipinski definition) is 4. The molecule has 1 amide bonds. The first-order valence-electron chi connectivity index (χ1n) is 10.8. The molecule has 30 heavy (non-hydrogen) atoms. The Hall–Kier alpha value is -2.73. The first kappa shape index (κ1) is 20.5. The first-order chi connectivity index (χ1) is 14.6. The second-order valence-corrected chi connectivity index (χ2v) is 7.64. The van der Waals surface area contributed by atoms with Crippen molar-refractivity contribution >= 4 is 17.0 Å². The van der Waals surface area contributed by atoms with E-state index in [0.717, 1.165) is 61.2 Å². The van der Waals surface area contributed by atoms with Gasteiger partial charge in [0.15, 0.2) is 17.3 Å². The minimum Gasteiger partial charge on any atom is -0.441 e. The maximum atomic E-state index is 14.4. The molecule has 0 saturated carbocycles. The third-order valence-corrected chi connectivity index (χ3v) is 5.86. The molecule has 0 bridgehead atoms. The molecule has 0 spiro atoms. The average molecular weight is 410 g/mol. The normalized spacial score (nSPS) is 16.9. The topological polar surface area (TPSA) is 58.4 Å². The van der Waals surface area contributed by atoms with Gasteiger partial charge in [0.1, 0.15) is 5.52 Å². The molecule has 158 valence electrons. The zero-order valence-electron chi connectivity index (χ0n) is 17.8. The van der Waals surface area contributed by atoms with Gasteiger partial charge >= 0.3 is 0 Å². The van der Waals surface area contributed by atoms with Crippen LogP contribution in [0.2, 0.25) is 0 Å². The Kier molecular flexibility index (Phi) is 5.86. The number of carbonyl (C=O) groups excluding carboxylic acids is 1. The van der Waals surface area contributed by atoms with Crippen molar-refractivity contribution in [1.29, 1.82) is 0 Å². The van der Waals surface area contributed by atoms with Gasteiger partial charge in [-0.2, -0.15) is 0 Å². The van der Waals surface area contributed by atoms with Crippen LogP contribution >= 0.6 is 0 Å². The lowest BCUT2D eigenvalue weighted by molar-refractivity contribution is 0.0623. The Balaban J connectivity index is 0.00000106. The van der Waals surface area contributed by atoms with Crippen LogP contribution in [0.15, 0.2) is 34.7 Å². The largest absolute Gasteiger partial charge is 0.441 e. The van der Waals surface area contributed by atoms with Crippen LogP contribution < -0.4 is 5.32 Å². The smallest absolute Gasteiger partial charge is 0.254 e. The Labute approximate surface area is 176 Å². The van der Waals surface area contributed by atoms with Crippen LogP contribution in [-0.4, -0.2) is 41.5 Å². The lowest BCUT2D eigenvalue weighted by atomic mass is 9.92. The van der Waals surface area contributed by atoms with Crippen molar-refractivity contribution in [3.8, 4) is 11.1 Å². The van der Waals surface area contributed by atoms with Gasteiger partial charge in [0.25, 0.3) is 5.91 Å². The molecule has 1 fully saturated rings. The molecular weight excluding hydrogens is 381 g/mol. The fraction of sp³-hybridized carbons (Fsp3) is 0.417. The number of fused-ring (bicyclic) bond motifs is 2. The predicted octanol–water partition coefficient (Wildman–Crippen LogP) is 4.72. The molecule has 3 aromatic rings. The number of piperidine rings is 1. The highest BCUT2D eigenvalue weighted by atomic mass is 19.1. The number of amides is 1. The summed E-state index contributed by atoms with van der Waals surface area (Å²) < 4.78 is 19.9. The molecular formula is C24H28FN3O2. The standard InChI is InChI=1S/C22H22FN3O2.C2H6/c1-13-25-21-19(23)11-16(12-20(21)28-13)14-2-3-18-15(10-14)6-9-26(22(18)27)17-4-7-24-8-5-17;1-2/h2-3,10-12,17,24H,4-9H2,1H3;1-2H3. The number of hydrogen-bond donors (Lipinski definition) is 1. The van der Waals surface area contributed by atoms with Crippen LogP contribution in [0.25, 0.3) is 22.2 Å². The summed E-state index contributed by atoms with van der Waals surface area (Å²) in [6.45, 7) is 8.39. The van der Waals surface area contributed by atoms with E-state index in [1.165, 1.54) is 6.07 Å². The number of benzene rings is 2. The molecule has 5 nitrogen and oxygen atoms in total. The monoisotopic (exact) mass is 409 g/mol. The highest BCUT2D eigenvalue weighted by Crippen LogP contribution is 2.31. The quantitative estimate of drug-likeness (QED) is 0.665. The van der Waals surface area contributed by atoms with Crippen molar-refractivity contribution < 1.29 is 13.6 Å². The molecule has 0 radical (unpaired) electrons. The number of halogens is 1. The number of carbonyl (C=O) groups is 1. The van der Waals surface area contributed by atoms with Crippen molar-refractivity contribution in [2.75, 3.05) is 19.6 Å². The molecule has 3 heterocycles. The second kappa shape index (κ2) is 8.56. The van der Waals surface area contributed by atoms with Crippen LogP contribution in [0.3, 0.4) is 0 Å². The summed E-state index contributed by atoms with van der Waals surface area (Å²) in [6, 6.07) is 9.41. The minimum absolute atomic E-state index is 0.118. The first-order valence-corrected chi connectivity index (χ1v) is 10.8. The van der Waals surface area contributed by atoms with E-state index in [-0.39, 0.29) is 11.4 Å². The number of aromatic nitrogens is 1. The zero-order chi connectivity index (χ0) is 21.3. The van der Waals surface area contributed by atoms with E-state index in [0.29, 0.717) is 17.5 Å². The maximum Gasteiger partial charge on any atom is 0.254 e. The van der Waals surface area contributed by atoms with Crippen LogP contribution in [-0.2, 0) is 6.42 Å². The highest BCUT2D eigenvalue weighted by Gasteiger charge is 2.30. The van der Waals surface area contributed by atoms with Gasteiger partial charge in [0.05, 0.1) is 0 Å². The van der Waals surface area contributed by atoms with E-state index in [1.807, 2.05) is 43.0 Å². The SMILES string of the molecule is CC.Cc1nc2c(F)cc(-c3ccc4c(c3)CCN(C3CCNCC3)C4=O)cc2o1. The summed E-state index contributed by atoms with van der Waals surface area (Å²) in [5, 5.41) is 3.35. The Morgan fingerprint density at radius 3 is 2.67 bits per heavy atom. The van der Waals surface area contributed by atoms with Gasteiger partial charge in [-0.1, -0.05) is 26.0 Å². The van der Waals surface area contributed by atoms with Gasteiger partial charge < -0.3 is 14.6 Å². The van der Waals surface area contributed by atoms with Crippen molar-refractivity contribution in [1.82, 2.24) is 15.2 Å². The molecule has 2 aliphatic heterocycles. The molecule has 0 unspecified atom stereocenters. The third-order valence-electron chi connectivity index (χ3n) is 5.86. The lowest BCUT2D eigenvalue weighted by Gasteiger charge is -2.37. The summed E-state index contributed by atoms with van der Waals surface area (Å²) in [7, 11) is 0. The van der Waals surface area contributed by atoms with Gasteiger partial charge in [-0.05, 0) is 67.2 Å². The summed E-state index contributed by atoms with van der Waals surface area (Å²) >= 11 is 0. The Bertz CT molecular complexity index is 1070. The fourth-order valence-corrected chi connectivity index (χ4v) is 4.42. The Morgan fingerprint density at radius 1 is 1.13 bits per heavy atom. The van der Waals surface area contributed by atoms with Crippen molar-refractivity contribution in [2.24, 2.45) is 0 Å². The highest BCUT2D eigenvalue weighted by molar-refractivity contribution is 5.97. The van der Waals surface area contributed by atoms with Gasteiger partial charge in [0, 0.05) is 25.1 Å². The van der Waals surface area contributed by atoms with E-state index < -0.39 is 5.82 Å². The number of aryl methyl sites for hydroxylation is 1. The minimum atomic E-state index is -0.393. The molecule has 1 aromatic heterocycles. The second-order valence-electron chi connectivity index (χ2n) is 7.64. The zero-order valence-corrected chi connectivity index (χ0v) is 17.8. The van der Waals surface area contributed by atoms with Gasteiger partial charge in [-0.15, -0.1) is 0 Å². The van der Waals surface area contributed by atoms with Gasteiger partial charge in [-0.25, -0.2) is 9.37 Å². The summed E-state index contributed by atoms with van der Waals surface area (Å²) in [4.78, 5) is 19.1. The molecule has 2 aromatic carbocycles. The van der Waals surface area contributed by atoms with E-state index in [9.17, 15) is 9.18 Å². The lowest BCUT2D eigenvalue weighted by Crippen LogP contribution is -2.49.